The second-order valence-electron chi connectivity index (χ2n) is 5.10. The molecule has 1 aromatic heterocycles. The Hall–Kier alpha value is -2.64. The summed E-state index contributed by atoms with van der Waals surface area (Å²) < 4.78 is 37.0. The highest BCUT2D eigenvalue weighted by molar-refractivity contribution is 5.47. The Morgan fingerprint density at radius 3 is 2.42 bits per heavy atom. The van der Waals surface area contributed by atoms with Crippen LogP contribution in [0.5, 0.6) is 0 Å². The minimum absolute atomic E-state index is 0.0833. The lowest BCUT2D eigenvalue weighted by Crippen LogP contribution is -2.16. The van der Waals surface area contributed by atoms with Crippen molar-refractivity contribution in [2.24, 2.45) is 0 Å². The van der Waals surface area contributed by atoms with E-state index in [1.165, 1.54) is 18.2 Å². The molecule has 0 aliphatic carbocycles. The molecule has 0 aliphatic rings. The molecule has 0 aliphatic heterocycles. The average Bonchev–Trinajstić information content (AvgIpc) is 2.46. The van der Waals surface area contributed by atoms with Crippen molar-refractivity contribution in [1.82, 2.24) is 15.3 Å². The molecule has 8 heteroatoms. The molecule has 2 rings (SSSR count). The van der Waals surface area contributed by atoms with Crippen LogP contribution < -0.4 is 10.9 Å². The number of aromatic amines is 1. The van der Waals surface area contributed by atoms with Crippen molar-refractivity contribution in [2.45, 2.75) is 33.0 Å². The van der Waals surface area contributed by atoms with Gasteiger partial charge < -0.3 is 10.3 Å². The molecule has 1 unspecified atom stereocenters. The fraction of sp³-hybridized carbons (Fsp3) is 0.312. The number of alkyl halides is 3. The Morgan fingerprint density at radius 2 is 1.92 bits per heavy atom. The van der Waals surface area contributed by atoms with E-state index in [9.17, 15) is 22.8 Å². The summed E-state index contributed by atoms with van der Waals surface area (Å²) in [6.45, 7) is 5.17. The Balaban J connectivity index is 0.000000272. The minimum Gasteiger partial charge on any atom is -0.352 e. The molecule has 0 radical (unpaired) electrons. The van der Waals surface area contributed by atoms with E-state index in [0.29, 0.717) is 17.8 Å². The highest BCUT2D eigenvalue weighted by atomic mass is 19.4. The Bertz CT molecular complexity index is 719. The van der Waals surface area contributed by atoms with Crippen LogP contribution in [0.25, 0.3) is 0 Å². The van der Waals surface area contributed by atoms with E-state index >= 15 is 0 Å². The number of aryl methyl sites for hydroxylation is 2. The second-order valence-corrected chi connectivity index (χ2v) is 5.10. The molecule has 0 fully saturated rings. The van der Waals surface area contributed by atoms with Gasteiger partial charge in [0.25, 0.3) is 5.56 Å². The van der Waals surface area contributed by atoms with Crippen molar-refractivity contribution in [3.05, 3.63) is 63.3 Å². The van der Waals surface area contributed by atoms with Crippen LogP contribution in [0.3, 0.4) is 0 Å². The first-order chi connectivity index (χ1) is 11.1. The van der Waals surface area contributed by atoms with Gasteiger partial charge in [0.2, 0.25) is 6.41 Å². The van der Waals surface area contributed by atoms with Crippen molar-refractivity contribution in [3.63, 3.8) is 0 Å². The van der Waals surface area contributed by atoms with Crippen LogP contribution in [-0.2, 0) is 11.0 Å². The van der Waals surface area contributed by atoms with Crippen LogP contribution in [0.1, 0.15) is 35.6 Å². The zero-order valence-corrected chi connectivity index (χ0v) is 13.4. The van der Waals surface area contributed by atoms with Crippen LogP contribution in [0.15, 0.2) is 35.1 Å². The number of amides is 1. The summed E-state index contributed by atoms with van der Waals surface area (Å²) in [6, 6.07) is 5.92. The van der Waals surface area contributed by atoms with Crippen LogP contribution in [0, 0.1) is 13.8 Å². The molecule has 1 heterocycles. The van der Waals surface area contributed by atoms with E-state index in [4.69, 9.17) is 0 Å². The molecule has 0 bridgehead atoms. The number of halogens is 3. The highest BCUT2D eigenvalue weighted by Crippen LogP contribution is 2.30. The molecule has 0 spiro atoms. The van der Waals surface area contributed by atoms with Crippen molar-refractivity contribution >= 4 is 6.41 Å². The molecule has 5 nitrogen and oxygen atoms in total. The maximum absolute atomic E-state index is 12.3. The molecule has 1 atom stereocenters. The first kappa shape index (κ1) is 19.4. The topological polar surface area (TPSA) is 74.8 Å². The normalized spacial score (nSPS) is 11.9. The van der Waals surface area contributed by atoms with Crippen molar-refractivity contribution in [3.8, 4) is 0 Å². The number of nitrogens with one attached hydrogen (secondary N) is 2. The third-order valence-corrected chi connectivity index (χ3v) is 3.02. The number of rotatable bonds is 3. The van der Waals surface area contributed by atoms with E-state index in [1.807, 2.05) is 0 Å². The quantitative estimate of drug-likeness (QED) is 0.843. The molecule has 2 N–H and O–H groups in total. The van der Waals surface area contributed by atoms with Crippen LogP contribution in [0.2, 0.25) is 0 Å². The molecule has 130 valence electrons. The van der Waals surface area contributed by atoms with Gasteiger partial charge in [0, 0.05) is 11.8 Å². The van der Waals surface area contributed by atoms with Gasteiger partial charge in [0.1, 0.15) is 5.82 Å². The largest absolute Gasteiger partial charge is 0.416 e. The van der Waals surface area contributed by atoms with Gasteiger partial charge >= 0.3 is 6.18 Å². The SMILES string of the molecule is CC(NC=O)c1cccc(C(F)(F)F)c1.Cc1cc(=O)[nH]c(C)n1. The smallest absolute Gasteiger partial charge is 0.352 e. The van der Waals surface area contributed by atoms with Crippen molar-refractivity contribution < 1.29 is 18.0 Å². The summed E-state index contributed by atoms with van der Waals surface area (Å²) in [4.78, 5) is 27.3. The summed E-state index contributed by atoms with van der Waals surface area (Å²) in [7, 11) is 0. The Kier molecular flexibility index (Phi) is 6.69. The summed E-state index contributed by atoms with van der Waals surface area (Å²) in [5, 5.41) is 2.39. The first-order valence-corrected chi connectivity index (χ1v) is 7.05. The molecule has 24 heavy (non-hydrogen) atoms. The van der Waals surface area contributed by atoms with Gasteiger partial charge in [-0.1, -0.05) is 12.1 Å². The van der Waals surface area contributed by atoms with Crippen molar-refractivity contribution in [2.75, 3.05) is 0 Å². The summed E-state index contributed by atoms with van der Waals surface area (Å²) in [5.74, 6) is 0.667. The van der Waals surface area contributed by atoms with E-state index in [1.54, 1.807) is 20.8 Å². The number of hydrogen-bond acceptors (Lipinski definition) is 3. The maximum atomic E-state index is 12.3. The zero-order valence-electron chi connectivity index (χ0n) is 13.4. The van der Waals surface area contributed by atoms with E-state index in [-0.39, 0.29) is 5.56 Å². The van der Waals surface area contributed by atoms with Gasteiger partial charge in [-0.2, -0.15) is 13.2 Å². The summed E-state index contributed by atoms with van der Waals surface area (Å²) in [6.07, 6.45) is -3.89. The van der Waals surface area contributed by atoms with Crippen LogP contribution >= 0.6 is 0 Å². The predicted molar refractivity (Wildman–Crippen MR) is 83.4 cm³/mol. The number of hydrogen-bond donors (Lipinski definition) is 2. The fourth-order valence-corrected chi connectivity index (χ4v) is 1.91. The number of carbonyl (C=O) groups excluding carboxylic acids is 1. The number of H-pyrrole nitrogens is 1. The Morgan fingerprint density at radius 1 is 1.25 bits per heavy atom. The molecular weight excluding hydrogens is 323 g/mol. The average molecular weight is 341 g/mol. The summed E-state index contributed by atoms with van der Waals surface area (Å²) >= 11 is 0. The lowest BCUT2D eigenvalue weighted by Gasteiger charge is -2.13. The fourth-order valence-electron chi connectivity index (χ4n) is 1.91. The minimum atomic E-state index is -4.35. The van der Waals surface area contributed by atoms with E-state index < -0.39 is 17.8 Å². The predicted octanol–water partition coefficient (Wildman–Crippen LogP) is 2.90. The highest BCUT2D eigenvalue weighted by Gasteiger charge is 2.30. The molecule has 0 saturated carbocycles. The van der Waals surface area contributed by atoms with Gasteiger partial charge in [0.15, 0.2) is 0 Å². The van der Waals surface area contributed by atoms with Gasteiger partial charge in [-0.3, -0.25) is 9.59 Å². The number of benzene rings is 1. The number of aromatic nitrogens is 2. The maximum Gasteiger partial charge on any atom is 0.416 e. The van der Waals surface area contributed by atoms with Crippen LogP contribution in [-0.4, -0.2) is 16.4 Å². The Labute approximate surface area is 136 Å². The van der Waals surface area contributed by atoms with Gasteiger partial charge in [-0.05, 0) is 38.5 Å². The third-order valence-electron chi connectivity index (χ3n) is 3.02. The van der Waals surface area contributed by atoms with E-state index in [2.05, 4.69) is 15.3 Å². The molecule has 0 saturated heterocycles. The zero-order chi connectivity index (χ0) is 18.3. The third kappa shape index (κ3) is 6.23. The lowest BCUT2D eigenvalue weighted by molar-refractivity contribution is -0.137. The van der Waals surface area contributed by atoms with Crippen molar-refractivity contribution in [1.29, 1.82) is 0 Å². The second kappa shape index (κ2) is 8.28. The van der Waals surface area contributed by atoms with Crippen LogP contribution in [0.4, 0.5) is 13.2 Å². The molecule has 2 aromatic rings. The van der Waals surface area contributed by atoms with E-state index in [0.717, 1.165) is 17.8 Å². The number of carbonyl (C=O) groups is 1. The standard InChI is InChI=1S/C10H10F3NO.C6H8N2O/c1-7(14-6-15)8-3-2-4-9(5-8)10(11,12)13;1-4-3-6(9)8-5(2)7-4/h2-7H,1H3,(H,14,15);3H,1-2H3,(H,7,8,9). The molecule has 1 amide bonds. The number of nitrogens with zero attached hydrogens (tertiary/aromatic N) is 1. The molecule has 1 aromatic carbocycles. The van der Waals surface area contributed by atoms with Gasteiger partial charge in [-0.15, -0.1) is 0 Å². The first-order valence-electron chi connectivity index (χ1n) is 7.05. The molecular formula is C16H18F3N3O2. The van der Waals surface area contributed by atoms with Gasteiger partial charge in [0.05, 0.1) is 11.6 Å². The lowest BCUT2D eigenvalue weighted by atomic mass is 10.1. The van der Waals surface area contributed by atoms with Gasteiger partial charge in [-0.25, -0.2) is 4.98 Å². The monoisotopic (exact) mass is 341 g/mol. The summed E-state index contributed by atoms with van der Waals surface area (Å²) in [5.41, 5.74) is 0.396.